The first-order valence-corrected chi connectivity index (χ1v) is 12.3. The normalized spacial score (nSPS) is 20.1. The Morgan fingerprint density at radius 2 is 1.93 bits per heavy atom. The van der Waals surface area contributed by atoms with Gasteiger partial charge in [-0.25, -0.2) is 13.2 Å². The Kier molecular flexibility index (Phi) is 5.69. The van der Waals surface area contributed by atoms with Crippen LogP contribution in [0.25, 0.3) is 0 Å². The first kappa shape index (κ1) is 21.0. The molecule has 2 aromatic carbocycles. The van der Waals surface area contributed by atoms with E-state index >= 15 is 0 Å². The fourth-order valence-corrected chi connectivity index (χ4v) is 6.80. The number of benzene rings is 2. The number of para-hydroxylation sites is 1. The van der Waals surface area contributed by atoms with Gasteiger partial charge in [-0.3, -0.25) is 0 Å². The summed E-state index contributed by atoms with van der Waals surface area (Å²) in [5.74, 6) is 0. The largest absolute Gasteiger partial charge is 0.465 e. The number of hydrogen-bond donors (Lipinski definition) is 2. The third kappa shape index (κ3) is 3.77. The molecule has 2 N–H and O–H groups in total. The predicted octanol–water partition coefficient (Wildman–Crippen LogP) is 4.36. The number of piperazine rings is 1. The summed E-state index contributed by atoms with van der Waals surface area (Å²) < 4.78 is 28.4. The van der Waals surface area contributed by atoms with Gasteiger partial charge in [0.25, 0.3) is 0 Å². The second kappa shape index (κ2) is 8.13. The molecule has 9 heteroatoms. The van der Waals surface area contributed by atoms with Crippen LogP contribution in [0.1, 0.15) is 31.1 Å². The molecule has 0 radical (unpaired) electrons. The third-order valence-electron chi connectivity index (χ3n) is 5.79. The number of nitrogens with one attached hydrogen (secondary N) is 1. The van der Waals surface area contributed by atoms with Gasteiger partial charge in [0.2, 0.25) is 10.0 Å². The van der Waals surface area contributed by atoms with Crippen molar-refractivity contribution in [2.75, 3.05) is 25.0 Å². The molecule has 1 amide bonds. The SMILES string of the molecule is CCC1CN(C(=O)O)CCN1S(=O)(=O)C(C)c1ccc2c(c1)Nc1ccccc1S2. The summed E-state index contributed by atoms with van der Waals surface area (Å²) in [5.41, 5.74) is 2.64. The molecular weight excluding hydrogens is 422 g/mol. The highest BCUT2D eigenvalue weighted by atomic mass is 32.2. The fourth-order valence-electron chi connectivity index (χ4n) is 3.96. The maximum atomic E-state index is 13.4. The van der Waals surface area contributed by atoms with E-state index < -0.39 is 21.4 Å². The zero-order chi connectivity index (χ0) is 21.5. The molecule has 160 valence electrons. The third-order valence-corrected chi connectivity index (χ3v) is 9.25. The highest BCUT2D eigenvalue weighted by Gasteiger charge is 2.39. The molecule has 30 heavy (non-hydrogen) atoms. The van der Waals surface area contributed by atoms with Gasteiger partial charge in [0.1, 0.15) is 0 Å². The van der Waals surface area contributed by atoms with Crippen molar-refractivity contribution in [1.29, 1.82) is 0 Å². The average Bonchev–Trinajstić information content (AvgIpc) is 2.76. The van der Waals surface area contributed by atoms with Crippen LogP contribution >= 0.6 is 11.8 Å². The highest BCUT2D eigenvalue weighted by molar-refractivity contribution is 7.99. The number of sulfonamides is 1. The van der Waals surface area contributed by atoms with E-state index in [9.17, 15) is 18.3 Å². The lowest BCUT2D eigenvalue weighted by Gasteiger charge is -2.40. The minimum absolute atomic E-state index is 0.184. The summed E-state index contributed by atoms with van der Waals surface area (Å²) in [6.07, 6.45) is -0.438. The van der Waals surface area contributed by atoms with Crippen LogP contribution in [0.2, 0.25) is 0 Å². The summed E-state index contributed by atoms with van der Waals surface area (Å²) in [6, 6.07) is 13.4. The van der Waals surface area contributed by atoms with E-state index in [-0.39, 0.29) is 25.7 Å². The van der Waals surface area contributed by atoms with Crippen LogP contribution in [0, 0.1) is 0 Å². The van der Waals surface area contributed by atoms with Crippen molar-refractivity contribution < 1.29 is 18.3 Å². The van der Waals surface area contributed by atoms with Crippen molar-refractivity contribution >= 4 is 39.3 Å². The summed E-state index contributed by atoms with van der Waals surface area (Å²) >= 11 is 1.66. The molecule has 2 aliphatic rings. The summed E-state index contributed by atoms with van der Waals surface area (Å²) in [6.45, 7) is 4.18. The lowest BCUT2D eigenvalue weighted by molar-refractivity contribution is 0.103. The van der Waals surface area contributed by atoms with Crippen molar-refractivity contribution in [2.45, 2.75) is 41.4 Å². The number of carbonyl (C=O) groups is 1. The summed E-state index contributed by atoms with van der Waals surface area (Å²) in [4.78, 5) is 14.8. The fraction of sp³-hybridized carbons (Fsp3) is 0.381. The van der Waals surface area contributed by atoms with E-state index in [4.69, 9.17) is 0 Å². The maximum absolute atomic E-state index is 13.4. The Hall–Kier alpha value is -2.23. The molecular formula is C21H25N3O4S2. The molecule has 7 nitrogen and oxygen atoms in total. The molecule has 2 heterocycles. The van der Waals surface area contributed by atoms with E-state index in [1.807, 2.05) is 43.3 Å². The second-order valence-electron chi connectivity index (χ2n) is 7.57. The Balaban J connectivity index is 1.58. The molecule has 2 aliphatic heterocycles. The van der Waals surface area contributed by atoms with E-state index in [0.717, 1.165) is 26.7 Å². The van der Waals surface area contributed by atoms with E-state index in [1.165, 1.54) is 9.21 Å². The van der Waals surface area contributed by atoms with Gasteiger partial charge in [0.05, 0.1) is 16.6 Å². The molecule has 2 unspecified atom stereocenters. The Labute approximate surface area is 181 Å². The van der Waals surface area contributed by atoms with E-state index in [0.29, 0.717) is 6.42 Å². The first-order chi connectivity index (χ1) is 14.3. The predicted molar refractivity (Wildman–Crippen MR) is 118 cm³/mol. The average molecular weight is 448 g/mol. The van der Waals surface area contributed by atoms with Gasteiger partial charge in [-0.1, -0.05) is 36.9 Å². The van der Waals surface area contributed by atoms with Gasteiger partial charge in [0, 0.05) is 35.5 Å². The second-order valence-corrected chi connectivity index (χ2v) is 10.9. The van der Waals surface area contributed by atoms with Crippen molar-refractivity contribution in [3.63, 3.8) is 0 Å². The van der Waals surface area contributed by atoms with Gasteiger partial charge in [0.15, 0.2) is 0 Å². The number of amides is 1. The molecule has 2 aromatic rings. The molecule has 0 bridgehead atoms. The molecule has 1 fully saturated rings. The lowest BCUT2D eigenvalue weighted by atomic mass is 10.1. The zero-order valence-corrected chi connectivity index (χ0v) is 18.5. The standard InChI is InChI=1S/C21H25N3O4S2/c1-3-16-13-23(21(25)26)10-11-24(16)30(27,28)14(2)15-8-9-20-18(12-15)22-17-6-4-5-7-19(17)29-20/h4-9,12,14,16,22H,3,10-11,13H2,1-2H3,(H,25,26). The van der Waals surface area contributed by atoms with Crippen molar-refractivity contribution in [1.82, 2.24) is 9.21 Å². The Bertz CT molecular complexity index is 1070. The summed E-state index contributed by atoms with van der Waals surface area (Å²) in [5, 5.41) is 11.9. The monoisotopic (exact) mass is 447 g/mol. The molecule has 0 aliphatic carbocycles. The molecule has 2 atom stereocenters. The molecule has 0 saturated carbocycles. The van der Waals surface area contributed by atoms with Crippen molar-refractivity contribution in [3.05, 3.63) is 48.0 Å². The van der Waals surface area contributed by atoms with Crippen LogP contribution in [-0.4, -0.2) is 54.5 Å². The number of fused-ring (bicyclic) bond motifs is 2. The number of hydrogen-bond acceptors (Lipinski definition) is 5. The van der Waals surface area contributed by atoms with Crippen LogP contribution in [0.3, 0.4) is 0 Å². The van der Waals surface area contributed by atoms with E-state index in [1.54, 1.807) is 18.7 Å². The van der Waals surface area contributed by atoms with E-state index in [2.05, 4.69) is 11.4 Å². The quantitative estimate of drug-likeness (QED) is 0.618. The van der Waals surface area contributed by atoms with Crippen molar-refractivity contribution in [2.24, 2.45) is 0 Å². The zero-order valence-electron chi connectivity index (χ0n) is 16.9. The number of rotatable bonds is 4. The number of carboxylic acid groups (broad SMARTS) is 1. The Morgan fingerprint density at radius 1 is 1.20 bits per heavy atom. The number of nitrogens with zero attached hydrogens (tertiary/aromatic N) is 2. The first-order valence-electron chi connectivity index (χ1n) is 9.97. The van der Waals surface area contributed by atoms with Crippen LogP contribution in [0.15, 0.2) is 52.3 Å². The highest BCUT2D eigenvalue weighted by Crippen LogP contribution is 2.45. The van der Waals surface area contributed by atoms with Crippen LogP contribution in [0.4, 0.5) is 16.2 Å². The van der Waals surface area contributed by atoms with Crippen LogP contribution < -0.4 is 5.32 Å². The lowest BCUT2D eigenvalue weighted by Crippen LogP contribution is -2.56. The maximum Gasteiger partial charge on any atom is 0.407 e. The van der Waals surface area contributed by atoms with Gasteiger partial charge < -0.3 is 15.3 Å². The van der Waals surface area contributed by atoms with Crippen LogP contribution in [-0.2, 0) is 10.0 Å². The Morgan fingerprint density at radius 3 is 2.67 bits per heavy atom. The topological polar surface area (TPSA) is 90.0 Å². The minimum Gasteiger partial charge on any atom is -0.465 e. The summed E-state index contributed by atoms with van der Waals surface area (Å²) in [7, 11) is -3.63. The molecule has 4 rings (SSSR count). The van der Waals surface area contributed by atoms with Gasteiger partial charge in [-0.2, -0.15) is 4.31 Å². The molecule has 0 spiro atoms. The van der Waals surface area contributed by atoms with Gasteiger partial charge in [-0.05, 0) is 43.2 Å². The van der Waals surface area contributed by atoms with Crippen LogP contribution in [0.5, 0.6) is 0 Å². The van der Waals surface area contributed by atoms with Crippen molar-refractivity contribution in [3.8, 4) is 0 Å². The van der Waals surface area contributed by atoms with Gasteiger partial charge >= 0.3 is 6.09 Å². The number of anilines is 2. The smallest absolute Gasteiger partial charge is 0.407 e. The minimum atomic E-state index is -3.63. The molecule has 1 saturated heterocycles. The van der Waals surface area contributed by atoms with Gasteiger partial charge in [-0.15, -0.1) is 0 Å². The molecule has 0 aromatic heterocycles.